The second-order valence-electron chi connectivity index (χ2n) is 8.14. The molecule has 1 amide bonds. The van der Waals surface area contributed by atoms with Crippen LogP contribution in [0, 0.1) is 0 Å². The Bertz CT molecular complexity index is 838. The number of carboxylic acids is 1. The summed E-state index contributed by atoms with van der Waals surface area (Å²) in [5, 5.41) is 12.1. The fourth-order valence-corrected chi connectivity index (χ4v) is 4.13. The SMILES string of the molecule is CC(NC(=O)Cc1ccc(C(=O)O)cc1)c1ccccc1N1CCCCCCCC1. The third kappa shape index (κ3) is 6.09. The predicted octanol–water partition coefficient (Wildman–Crippen LogP) is 4.97. The quantitative estimate of drug-likeness (QED) is 0.708. The maximum absolute atomic E-state index is 12.6. The molecule has 2 aromatic carbocycles. The average molecular weight is 409 g/mol. The zero-order valence-electron chi connectivity index (χ0n) is 17.8. The van der Waals surface area contributed by atoms with Gasteiger partial charge >= 0.3 is 5.97 Å². The molecule has 0 saturated carbocycles. The predicted molar refractivity (Wildman–Crippen MR) is 120 cm³/mol. The molecule has 0 aromatic heterocycles. The maximum Gasteiger partial charge on any atom is 0.335 e. The van der Waals surface area contributed by atoms with Crippen molar-refractivity contribution in [3.63, 3.8) is 0 Å². The Balaban J connectivity index is 1.66. The molecule has 1 heterocycles. The number of para-hydroxylation sites is 1. The number of amides is 1. The third-order valence-electron chi connectivity index (χ3n) is 5.79. The summed E-state index contributed by atoms with van der Waals surface area (Å²) in [6.07, 6.45) is 7.88. The number of benzene rings is 2. The summed E-state index contributed by atoms with van der Waals surface area (Å²) in [5.74, 6) is -1.03. The number of aromatic carboxylic acids is 1. The Labute approximate surface area is 179 Å². The van der Waals surface area contributed by atoms with Crippen LogP contribution in [-0.2, 0) is 11.2 Å². The number of hydrogen-bond acceptors (Lipinski definition) is 3. The smallest absolute Gasteiger partial charge is 0.335 e. The van der Waals surface area contributed by atoms with E-state index in [9.17, 15) is 9.59 Å². The van der Waals surface area contributed by atoms with Crippen LogP contribution in [-0.4, -0.2) is 30.1 Å². The Morgan fingerprint density at radius 2 is 1.53 bits per heavy atom. The van der Waals surface area contributed by atoms with Crippen molar-refractivity contribution in [3.8, 4) is 0 Å². The molecule has 30 heavy (non-hydrogen) atoms. The number of nitrogens with zero attached hydrogens (tertiary/aromatic N) is 1. The summed E-state index contributed by atoms with van der Waals surface area (Å²) in [6, 6.07) is 14.7. The van der Waals surface area contributed by atoms with E-state index in [1.54, 1.807) is 12.1 Å². The first kappa shape index (κ1) is 21.9. The van der Waals surface area contributed by atoms with E-state index >= 15 is 0 Å². The Hall–Kier alpha value is -2.82. The molecule has 1 fully saturated rings. The van der Waals surface area contributed by atoms with Crippen LogP contribution in [0.1, 0.15) is 73.0 Å². The molecular weight excluding hydrogens is 376 g/mol. The highest BCUT2D eigenvalue weighted by molar-refractivity contribution is 5.87. The minimum absolute atomic E-state index is 0.0650. The van der Waals surface area contributed by atoms with Gasteiger partial charge in [-0.2, -0.15) is 0 Å². The van der Waals surface area contributed by atoms with Gasteiger partial charge in [0.05, 0.1) is 18.0 Å². The van der Waals surface area contributed by atoms with Gasteiger partial charge in [-0.1, -0.05) is 56.0 Å². The number of rotatable bonds is 6. The van der Waals surface area contributed by atoms with Crippen LogP contribution >= 0.6 is 0 Å². The lowest BCUT2D eigenvalue weighted by molar-refractivity contribution is -0.121. The molecule has 1 saturated heterocycles. The highest BCUT2D eigenvalue weighted by atomic mass is 16.4. The van der Waals surface area contributed by atoms with Gasteiger partial charge in [0.15, 0.2) is 0 Å². The van der Waals surface area contributed by atoms with Gasteiger partial charge in [-0.3, -0.25) is 4.79 Å². The molecule has 0 radical (unpaired) electrons. The molecule has 1 atom stereocenters. The summed E-state index contributed by atoms with van der Waals surface area (Å²) >= 11 is 0. The van der Waals surface area contributed by atoms with Crippen LogP contribution < -0.4 is 10.2 Å². The van der Waals surface area contributed by atoms with Crippen LogP contribution in [0.3, 0.4) is 0 Å². The van der Waals surface area contributed by atoms with Gasteiger partial charge in [-0.25, -0.2) is 4.79 Å². The first-order chi connectivity index (χ1) is 14.5. The normalized spacial score (nSPS) is 16.1. The van der Waals surface area contributed by atoms with E-state index < -0.39 is 5.97 Å². The minimum atomic E-state index is -0.962. The minimum Gasteiger partial charge on any atom is -0.478 e. The molecule has 0 spiro atoms. The molecule has 1 aliphatic heterocycles. The number of carbonyl (C=O) groups excluding carboxylic acids is 1. The molecule has 5 heteroatoms. The van der Waals surface area contributed by atoms with Gasteiger partial charge in [0.25, 0.3) is 0 Å². The van der Waals surface area contributed by atoms with E-state index in [1.165, 1.54) is 56.3 Å². The molecule has 160 valence electrons. The Kier molecular flexibility index (Phi) is 7.89. The van der Waals surface area contributed by atoms with Crippen LogP contribution in [0.4, 0.5) is 5.69 Å². The van der Waals surface area contributed by atoms with Crippen LogP contribution in [0.15, 0.2) is 48.5 Å². The second kappa shape index (κ2) is 10.8. The summed E-state index contributed by atoms with van der Waals surface area (Å²) in [6.45, 7) is 4.15. The van der Waals surface area contributed by atoms with Crippen molar-refractivity contribution in [2.24, 2.45) is 0 Å². The number of carbonyl (C=O) groups is 2. The first-order valence-corrected chi connectivity index (χ1v) is 11.0. The first-order valence-electron chi connectivity index (χ1n) is 11.0. The standard InChI is InChI=1S/C25H32N2O3/c1-19(26-24(28)18-20-12-14-21(15-13-20)25(29)30)22-10-6-7-11-23(22)27-16-8-4-2-3-5-9-17-27/h6-7,10-15,19H,2-5,8-9,16-18H2,1H3,(H,26,28)(H,29,30). The molecule has 5 nitrogen and oxygen atoms in total. The van der Waals surface area contributed by atoms with Crippen molar-refractivity contribution in [3.05, 3.63) is 65.2 Å². The van der Waals surface area contributed by atoms with E-state index in [4.69, 9.17) is 5.11 Å². The summed E-state index contributed by atoms with van der Waals surface area (Å²) in [4.78, 5) is 26.1. The molecule has 3 rings (SSSR count). The fraction of sp³-hybridized carbons (Fsp3) is 0.440. The third-order valence-corrected chi connectivity index (χ3v) is 5.79. The zero-order chi connectivity index (χ0) is 21.3. The van der Waals surface area contributed by atoms with Crippen molar-refractivity contribution in [2.75, 3.05) is 18.0 Å². The Morgan fingerprint density at radius 3 is 2.17 bits per heavy atom. The van der Waals surface area contributed by atoms with E-state index in [2.05, 4.69) is 28.4 Å². The highest BCUT2D eigenvalue weighted by Crippen LogP contribution is 2.28. The number of carboxylic acid groups (broad SMARTS) is 1. The van der Waals surface area contributed by atoms with Gasteiger partial charge in [0.1, 0.15) is 0 Å². The maximum atomic E-state index is 12.6. The van der Waals surface area contributed by atoms with E-state index in [1.807, 2.05) is 13.0 Å². The fourth-order valence-electron chi connectivity index (χ4n) is 4.13. The highest BCUT2D eigenvalue weighted by Gasteiger charge is 2.18. The van der Waals surface area contributed by atoms with Crippen molar-refractivity contribution in [1.29, 1.82) is 0 Å². The number of hydrogen-bond donors (Lipinski definition) is 2. The largest absolute Gasteiger partial charge is 0.478 e. The lowest BCUT2D eigenvalue weighted by Crippen LogP contribution is -2.31. The van der Waals surface area contributed by atoms with Crippen molar-refractivity contribution in [2.45, 2.75) is 57.9 Å². The second-order valence-corrected chi connectivity index (χ2v) is 8.14. The van der Waals surface area contributed by atoms with Crippen molar-refractivity contribution < 1.29 is 14.7 Å². The molecule has 2 aromatic rings. The van der Waals surface area contributed by atoms with Gasteiger partial charge in [0.2, 0.25) is 5.91 Å². The number of nitrogens with one attached hydrogen (secondary N) is 1. The molecule has 1 aliphatic rings. The van der Waals surface area contributed by atoms with E-state index in [0.29, 0.717) is 0 Å². The average Bonchev–Trinajstić information content (AvgIpc) is 2.88. The van der Waals surface area contributed by atoms with E-state index in [0.717, 1.165) is 24.2 Å². The molecule has 2 N–H and O–H groups in total. The molecule has 0 bridgehead atoms. The van der Waals surface area contributed by atoms with Gasteiger partial charge in [-0.15, -0.1) is 0 Å². The number of anilines is 1. The molecule has 0 aliphatic carbocycles. The lowest BCUT2D eigenvalue weighted by Gasteiger charge is -2.29. The van der Waals surface area contributed by atoms with Crippen LogP contribution in [0.25, 0.3) is 0 Å². The Morgan fingerprint density at radius 1 is 0.933 bits per heavy atom. The topological polar surface area (TPSA) is 69.6 Å². The monoisotopic (exact) mass is 408 g/mol. The molecular formula is C25H32N2O3. The van der Waals surface area contributed by atoms with Crippen molar-refractivity contribution >= 4 is 17.6 Å². The summed E-state index contributed by atoms with van der Waals surface area (Å²) < 4.78 is 0. The van der Waals surface area contributed by atoms with E-state index in [-0.39, 0.29) is 23.9 Å². The van der Waals surface area contributed by atoms with Crippen LogP contribution in [0.5, 0.6) is 0 Å². The zero-order valence-corrected chi connectivity index (χ0v) is 17.8. The van der Waals surface area contributed by atoms with Gasteiger partial charge < -0.3 is 15.3 Å². The van der Waals surface area contributed by atoms with Crippen LogP contribution in [0.2, 0.25) is 0 Å². The lowest BCUT2D eigenvalue weighted by atomic mass is 10.0. The summed E-state index contributed by atoms with van der Waals surface area (Å²) in [5.41, 5.74) is 3.40. The van der Waals surface area contributed by atoms with Gasteiger partial charge in [-0.05, 0) is 49.1 Å². The van der Waals surface area contributed by atoms with Crippen molar-refractivity contribution in [1.82, 2.24) is 5.32 Å². The summed E-state index contributed by atoms with van der Waals surface area (Å²) in [7, 11) is 0. The van der Waals surface area contributed by atoms with Gasteiger partial charge in [0, 0.05) is 18.8 Å². The molecule has 1 unspecified atom stereocenters.